The minimum atomic E-state index is -1.09. The smallest absolute Gasteiger partial charge is 0.407 e. The zero-order chi connectivity index (χ0) is 22.0. The van der Waals surface area contributed by atoms with Crippen molar-refractivity contribution in [3.8, 4) is 11.1 Å². The van der Waals surface area contributed by atoms with Crippen LogP contribution in [0.25, 0.3) is 11.1 Å². The molecule has 2 N–H and O–H groups in total. The van der Waals surface area contributed by atoms with Gasteiger partial charge in [-0.15, -0.1) is 0 Å². The molecule has 1 fully saturated rings. The third kappa shape index (κ3) is 4.11. The van der Waals surface area contributed by atoms with Gasteiger partial charge in [-0.3, -0.25) is 4.79 Å². The first-order valence-corrected chi connectivity index (χ1v) is 10.1. The summed E-state index contributed by atoms with van der Waals surface area (Å²) in [5, 5.41) is 11.8. The van der Waals surface area contributed by atoms with Crippen LogP contribution in [0.5, 0.6) is 0 Å². The number of fused-ring (bicyclic) bond motifs is 3. The van der Waals surface area contributed by atoms with Gasteiger partial charge in [-0.05, 0) is 22.3 Å². The van der Waals surface area contributed by atoms with E-state index in [4.69, 9.17) is 9.47 Å². The van der Waals surface area contributed by atoms with E-state index in [1.807, 2.05) is 36.4 Å². The minimum absolute atomic E-state index is 0.0775. The zero-order valence-corrected chi connectivity index (χ0v) is 17.1. The summed E-state index contributed by atoms with van der Waals surface area (Å²) in [6.07, 6.45) is -0.827. The minimum Gasteiger partial charge on any atom is -0.480 e. The van der Waals surface area contributed by atoms with Gasteiger partial charge in [-0.1, -0.05) is 48.5 Å². The largest absolute Gasteiger partial charge is 0.480 e. The standard InChI is InChI=1S/C23H24N2O6/c1-30-14-10-20(22(27)28)25(12-14)21(26)11-24-23(29)31-13-19-17-8-4-2-6-15(17)16-7-3-5-9-18(16)19/h2-9,14,19-20H,10-13H2,1H3,(H,24,29)(H,27,28). The van der Waals surface area contributed by atoms with Gasteiger partial charge in [0.2, 0.25) is 5.91 Å². The van der Waals surface area contributed by atoms with Gasteiger partial charge in [0.1, 0.15) is 19.2 Å². The average Bonchev–Trinajstić information content (AvgIpc) is 3.36. The van der Waals surface area contributed by atoms with E-state index >= 15 is 0 Å². The number of amides is 2. The van der Waals surface area contributed by atoms with Crippen LogP contribution < -0.4 is 5.32 Å². The number of benzene rings is 2. The number of hydrogen-bond acceptors (Lipinski definition) is 5. The third-order valence-electron chi connectivity index (χ3n) is 5.93. The number of ether oxygens (including phenoxy) is 2. The van der Waals surface area contributed by atoms with Gasteiger partial charge in [0.15, 0.2) is 0 Å². The Morgan fingerprint density at radius 1 is 1.06 bits per heavy atom. The summed E-state index contributed by atoms with van der Waals surface area (Å²) in [4.78, 5) is 37.3. The van der Waals surface area contributed by atoms with Crippen molar-refractivity contribution in [2.45, 2.75) is 24.5 Å². The summed E-state index contributed by atoms with van der Waals surface area (Å²) in [7, 11) is 1.48. The first-order chi connectivity index (χ1) is 15.0. The third-order valence-corrected chi connectivity index (χ3v) is 5.93. The molecule has 2 aromatic carbocycles. The van der Waals surface area contributed by atoms with E-state index in [1.165, 1.54) is 12.0 Å². The highest BCUT2D eigenvalue weighted by atomic mass is 16.5. The Hall–Kier alpha value is -3.39. The van der Waals surface area contributed by atoms with E-state index in [9.17, 15) is 19.5 Å². The molecule has 0 radical (unpaired) electrons. The molecule has 4 rings (SSSR count). The van der Waals surface area contributed by atoms with Gasteiger partial charge in [-0.25, -0.2) is 9.59 Å². The van der Waals surface area contributed by atoms with Crippen LogP contribution in [0.1, 0.15) is 23.5 Å². The van der Waals surface area contributed by atoms with Crippen molar-refractivity contribution in [1.29, 1.82) is 0 Å². The van der Waals surface area contributed by atoms with Crippen LogP contribution in [-0.4, -0.2) is 66.9 Å². The number of nitrogens with one attached hydrogen (secondary N) is 1. The molecule has 0 bridgehead atoms. The lowest BCUT2D eigenvalue weighted by molar-refractivity contribution is -0.147. The van der Waals surface area contributed by atoms with Gasteiger partial charge < -0.3 is 24.8 Å². The van der Waals surface area contributed by atoms with Gasteiger partial charge in [0.05, 0.1) is 6.10 Å². The number of aliphatic carboxylic acids is 1. The number of carboxylic acids is 1. The first kappa shape index (κ1) is 20.9. The van der Waals surface area contributed by atoms with Crippen LogP contribution in [0.2, 0.25) is 0 Å². The number of hydrogen-bond donors (Lipinski definition) is 2. The normalized spacial score (nSPS) is 19.6. The predicted molar refractivity (Wildman–Crippen MR) is 112 cm³/mol. The quantitative estimate of drug-likeness (QED) is 0.737. The number of alkyl carbamates (subject to hydrolysis) is 1. The van der Waals surface area contributed by atoms with Crippen molar-refractivity contribution in [2.75, 3.05) is 26.8 Å². The fraction of sp³-hybridized carbons (Fsp3) is 0.348. The summed E-state index contributed by atoms with van der Waals surface area (Å²) in [6.45, 7) is -0.0170. The number of carboxylic acid groups (broad SMARTS) is 1. The maximum Gasteiger partial charge on any atom is 0.407 e. The van der Waals surface area contributed by atoms with E-state index in [0.29, 0.717) is 0 Å². The summed E-state index contributed by atoms with van der Waals surface area (Å²) < 4.78 is 10.6. The van der Waals surface area contributed by atoms with E-state index in [0.717, 1.165) is 22.3 Å². The maximum atomic E-state index is 12.5. The van der Waals surface area contributed by atoms with Crippen LogP contribution in [0, 0.1) is 0 Å². The van der Waals surface area contributed by atoms with E-state index in [-0.39, 0.29) is 38.1 Å². The number of likely N-dealkylation sites (tertiary alicyclic amines) is 1. The van der Waals surface area contributed by atoms with Crippen molar-refractivity contribution in [2.24, 2.45) is 0 Å². The van der Waals surface area contributed by atoms with Gasteiger partial charge in [-0.2, -0.15) is 0 Å². The van der Waals surface area contributed by atoms with Gasteiger partial charge >= 0.3 is 12.1 Å². The molecule has 2 unspecified atom stereocenters. The van der Waals surface area contributed by atoms with Crippen LogP contribution >= 0.6 is 0 Å². The molecule has 1 heterocycles. The summed E-state index contributed by atoms with van der Waals surface area (Å²) >= 11 is 0. The van der Waals surface area contributed by atoms with Crippen molar-refractivity contribution >= 4 is 18.0 Å². The molecule has 162 valence electrons. The van der Waals surface area contributed by atoms with E-state index < -0.39 is 24.0 Å². The Kier molecular flexibility index (Phi) is 5.90. The Morgan fingerprint density at radius 2 is 1.68 bits per heavy atom. The van der Waals surface area contributed by atoms with Crippen molar-refractivity contribution in [3.63, 3.8) is 0 Å². The first-order valence-electron chi connectivity index (χ1n) is 10.1. The molecule has 1 saturated heterocycles. The number of carbonyl (C=O) groups is 3. The topological polar surface area (TPSA) is 105 Å². The number of carbonyl (C=O) groups excluding carboxylic acids is 2. The molecule has 1 aliphatic carbocycles. The molecule has 0 spiro atoms. The van der Waals surface area contributed by atoms with Crippen molar-refractivity contribution < 1.29 is 29.0 Å². The molecule has 2 aromatic rings. The fourth-order valence-electron chi connectivity index (χ4n) is 4.38. The zero-order valence-electron chi connectivity index (χ0n) is 17.1. The monoisotopic (exact) mass is 424 g/mol. The average molecular weight is 424 g/mol. The van der Waals surface area contributed by atoms with Crippen LogP contribution in [0.3, 0.4) is 0 Å². The highest BCUT2D eigenvalue weighted by Crippen LogP contribution is 2.44. The van der Waals surface area contributed by atoms with E-state index in [2.05, 4.69) is 17.4 Å². The molecule has 31 heavy (non-hydrogen) atoms. The molecule has 1 aliphatic heterocycles. The van der Waals surface area contributed by atoms with Crippen molar-refractivity contribution in [1.82, 2.24) is 10.2 Å². The van der Waals surface area contributed by atoms with Crippen LogP contribution in [0.15, 0.2) is 48.5 Å². The summed E-state index contributed by atoms with van der Waals surface area (Å²) in [5.41, 5.74) is 4.45. The highest BCUT2D eigenvalue weighted by Gasteiger charge is 2.39. The number of rotatable bonds is 6. The predicted octanol–water partition coefficient (Wildman–Crippen LogP) is 2.23. The second kappa shape index (κ2) is 8.77. The Balaban J connectivity index is 1.34. The van der Waals surface area contributed by atoms with Crippen LogP contribution in [-0.2, 0) is 19.1 Å². The molecular formula is C23H24N2O6. The van der Waals surface area contributed by atoms with Gasteiger partial charge in [0.25, 0.3) is 0 Å². The lowest BCUT2D eigenvalue weighted by atomic mass is 9.98. The van der Waals surface area contributed by atoms with E-state index in [1.54, 1.807) is 0 Å². The summed E-state index contributed by atoms with van der Waals surface area (Å²) in [6, 6.07) is 15.1. The number of nitrogens with zero attached hydrogens (tertiary/aromatic N) is 1. The Morgan fingerprint density at radius 3 is 2.26 bits per heavy atom. The lowest BCUT2D eigenvalue weighted by Crippen LogP contribution is -2.45. The summed E-state index contributed by atoms with van der Waals surface area (Å²) in [5.74, 6) is -1.65. The Bertz CT molecular complexity index is 962. The molecule has 8 heteroatoms. The van der Waals surface area contributed by atoms with Crippen LogP contribution in [0.4, 0.5) is 4.79 Å². The second-order valence-corrected chi connectivity index (χ2v) is 7.67. The molecule has 2 amide bonds. The molecule has 2 aliphatic rings. The maximum absolute atomic E-state index is 12.5. The lowest BCUT2D eigenvalue weighted by Gasteiger charge is -2.21. The van der Waals surface area contributed by atoms with Crippen molar-refractivity contribution in [3.05, 3.63) is 59.7 Å². The second-order valence-electron chi connectivity index (χ2n) is 7.67. The molecular weight excluding hydrogens is 400 g/mol. The molecule has 8 nitrogen and oxygen atoms in total. The number of methoxy groups -OCH3 is 1. The van der Waals surface area contributed by atoms with Gasteiger partial charge in [0, 0.05) is 26.0 Å². The SMILES string of the molecule is COC1CC(C(=O)O)N(C(=O)CNC(=O)OCC2c3ccccc3-c3ccccc32)C1. The fourth-order valence-corrected chi connectivity index (χ4v) is 4.38. The molecule has 2 atom stereocenters. The molecule has 0 saturated carbocycles. The molecule has 0 aromatic heterocycles. The highest BCUT2D eigenvalue weighted by molar-refractivity contribution is 5.87. The Labute approximate surface area is 179 Å².